The summed E-state index contributed by atoms with van der Waals surface area (Å²) in [4.78, 5) is 11.6. The molecule has 0 aliphatic heterocycles. The highest BCUT2D eigenvalue weighted by Gasteiger charge is 2.02. The van der Waals surface area contributed by atoms with Crippen LogP contribution in [0, 0.1) is 0 Å². The van der Waals surface area contributed by atoms with Gasteiger partial charge in [0.05, 0.1) is 152 Å². The summed E-state index contributed by atoms with van der Waals surface area (Å²) in [6.45, 7) is 17.3. The molecule has 53 heavy (non-hydrogen) atoms. The second-order valence-corrected chi connectivity index (χ2v) is 12.1. The van der Waals surface area contributed by atoms with E-state index >= 15 is 0 Å². The molecule has 0 bridgehead atoms. The minimum absolute atomic E-state index is 0.147. The van der Waals surface area contributed by atoms with Crippen molar-refractivity contribution in [2.45, 2.75) is 84.5 Å². The molecule has 318 valence electrons. The topological polar surface area (TPSA) is 137 Å². The predicted molar refractivity (Wildman–Crippen MR) is 203 cm³/mol. The molecular formula is C39H78O14. The van der Waals surface area contributed by atoms with Crippen molar-refractivity contribution in [1.82, 2.24) is 0 Å². The lowest BCUT2D eigenvalue weighted by Crippen LogP contribution is -2.15. The van der Waals surface area contributed by atoms with Crippen molar-refractivity contribution in [3.05, 3.63) is 0 Å². The highest BCUT2D eigenvalue weighted by molar-refractivity contribution is 5.69. The van der Waals surface area contributed by atoms with Gasteiger partial charge in [0.1, 0.15) is 6.61 Å². The van der Waals surface area contributed by atoms with Gasteiger partial charge in [-0.3, -0.25) is 4.79 Å². The second-order valence-electron chi connectivity index (χ2n) is 12.1. The molecule has 14 nitrogen and oxygen atoms in total. The molecule has 0 N–H and O–H groups in total. The molecule has 0 atom stereocenters. The molecular weight excluding hydrogens is 692 g/mol. The Morgan fingerprint density at radius 2 is 0.491 bits per heavy atom. The Bertz CT molecular complexity index is 676. The third kappa shape index (κ3) is 49.0. The van der Waals surface area contributed by atoms with Gasteiger partial charge >= 0.3 is 5.97 Å². The number of unbranched alkanes of at least 4 members (excludes halogenated alkanes) is 8. The van der Waals surface area contributed by atoms with Crippen molar-refractivity contribution < 1.29 is 66.4 Å². The molecule has 0 radical (unpaired) electrons. The van der Waals surface area contributed by atoms with E-state index in [0.29, 0.717) is 158 Å². The average Bonchev–Trinajstić information content (AvgIpc) is 3.16. The van der Waals surface area contributed by atoms with E-state index < -0.39 is 0 Å². The van der Waals surface area contributed by atoms with Gasteiger partial charge < -0.3 is 61.6 Å². The Labute approximate surface area is 321 Å². The number of hydrogen-bond donors (Lipinski definition) is 0. The van der Waals surface area contributed by atoms with Crippen LogP contribution >= 0.6 is 0 Å². The zero-order valence-electron chi connectivity index (χ0n) is 33.7. The Hall–Kier alpha value is -1.01. The number of rotatable bonds is 48. The lowest BCUT2D eigenvalue weighted by atomic mass is 10.1. The summed E-state index contributed by atoms with van der Waals surface area (Å²) < 4.78 is 71.1. The molecule has 0 aromatic rings. The van der Waals surface area contributed by atoms with E-state index in [2.05, 4.69) is 13.8 Å². The van der Waals surface area contributed by atoms with Gasteiger partial charge in [-0.05, 0) is 12.8 Å². The van der Waals surface area contributed by atoms with Crippen molar-refractivity contribution in [2.75, 3.05) is 165 Å². The molecule has 0 heterocycles. The van der Waals surface area contributed by atoms with E-state index in [1.54, 1.807) is 0 Å². The number of esters is 1. The molecule has 0 saturated heterocycles. The zero-order chi connectivity index (χ0) is 38.2. The van der Waals surface area contributed by atoms with Crippen LogP contribution in [0.2, 0.25) is 0 Å². The Kier molecular flexibility index (Phi) is 48.1. The first kappa shape index (κ1) is 52.0. The van der Waals surface area contributed by atoms with Gasteiger partial charge in [0, 0.05) is 13.0 Å². The Morgan fingerprint density at radius 1 is 0.264 bits per heavy atom. The van der Waals surface area contributed by atoms with Crippen LogP contribution in [0.15, 0.2) is 0 Å². The zero-order valence-corrected chi connectivity index (χ0v) is 33.7. The number of ether oxygens (including phenoxy) is 13. The fourth-order valence-corrected chi connectivity index (χ4v) is 4.49. The first-order chi connectivity index (χ1) is 26.3. The van der Waals surface area contributed by atoms with Gasteiger partial charge in [0.15, 0.2) is 0 Å². The second kappa shape index (κ2) is 49.0. The summed E-state index contributed by atoms with van der Waals surface area (Å²) >= 11 is 0. The van der Waals surface area contributed by atoms with Crippen LogP contribution in [0.4, 0.5) is 0 Å². The highest BCUT2D eigenvalue weighted by Crippen LogP contribution is 2.05. The molecule has 0 aliphatic rings. The summed E-state index contributed by atoms with van der Waals surface area (Å²) in [6, 6.07) is 0. The van der Waals surface area contributed by atoms with Crippen molar-refractivity contribution in [3.63, 3.8) is 0 Å². The fraction of sp³-hybridized carbons (Fsp3) is 0.974. The lowest BCUT2D eigenvalue weighted by molar-refractivity contribution is -0.145. The number of carbonyl (C=O) groups excluding carboxylic acids is 1. The average molecular weight is 771 g/mol. The molecule has 0 aromatic heterocycles. The van der Waals surface area contributed by atoms with Gasteiger partial charge in [0.2, 0.25) is 0 Å². The summed E-state index contributed by atoms with van der Waals surface area (Å²) in [5.41, 5.74) is 0. The maximum atomic E-state index is 11.6. The van der Waals surface area contributed by atoms with Gasteiger partial charge in [0.25, 0.3) is 0 Å². The maximum absolute atomic E-state index is 11.6. The number of hydrogen-bond acceptors (Lipinski definition) is 14. The molecule has 0 unspecified atom stereocenters. The Balaban J connectivity index is 3.08. The molecule has 14 heteroatoms. The van der Waals surface area contributed by atoms with Gasteiger partial charge in [-0.15, -0.1) is 0 Å². The van der Waals surface area contributed by atoms with Crippen LogP contribution in [-0.2, 0) is 66.4 Å². The maximum Gasteiger partial charge on any atom is 0.305 e. The minimum atomic E-state index is -0.147. The quantitative estimate of drug-likeness (QED) is 0.0602. The van der Waals surface area contributed by atoms with Gasteiger partial charge in [-0.1, -0.05) is 65.2 Å². The predicted octanol–water partition coefficient (Wildman–Crippen LogP) is 5.06. The van der Waals surface area contributed by atoms with Crippen molar-refractivity contribution in [3.8, 4) is 0 Å². The fourth-order valence-electron chi connectivity index (χ4n) is 4.49. The van der Waals surface area contributed by atoms with Gasteiger partial charge in [-0.2, -0.15) is 0 Å². The molecule has 0 aromatic carbocycles. The smallest absolute Gasteiger partial charge is 0.305 e. The van der Waals surface area contributed by atoms with Crippen LogP contribution in [0.25, 0.3) is 0 Å². The minimum Gasteiger partial charge on any atom is -0.463 e. The third-order valence-electron chi connectivity index (χ3n) is 7.46. The Morgan fingerprint density at radius 3 is 0.774 bits per heavy atom. The summed E-state index contributed by atoms with van der Waals surface area (Å²) in [5, 5.41) is 0. The van der Waals surface area contributed by atoms with E-state index in [0.717, 1.165) is 25.9 Å². The van der Waals surface area contributed by atoms with Crippen LogP contribution in [-0.4, -0.2) is 171 Å². The van der Waals surface area contributed by atoms with E-state index in [1.807, 2.05) is 0 Å². The monoisotopic (exact) mass is 771 g/mol. The SMILES string of the molecule is CCCCCCCOCCOCCOCCOCCOCCOCCOCCOCCOCCOCCOCCOCCOC(=O)CCCCCCC. The molecule has 0 amide bonds. The summed E-state index contributed by atoms with van der Waals surface area (Å²) in [7, 11) is 0. The summed E-state index contributed by atoms with van der Waals surface area (Å²) in [6.07, 6.45) is 12.3. The van der Waals surface area contributed by atoms with Crippen molar-refractivity contribution >= 4 is 5.97 Å². The van der Waals surface area contributed by atoms with Crippen LogP contribution < -0.4 is 0 Å². The van der Waals surface area contributed by atoms with E-state index in [1.165, 1.54) is 44.9 Å². The standard InChI is InChI=1S/C39H78O14/c1-3-5-7-9-11-13-39(40)53-38-37-52-36-35-51-34-33-50-32-31-49-30-29-48-28-27-47-26-25-46-24-23-45-22-21-44-20-19-43-18-17-42-16-15-41-14-12-10-8-6-4-2/h3-38H2,1-2H3. The molecule has 0 spiro atoms. The van der Waals surface area contributed by atoms with Gasteiger partial charge in [-0.25, -0.2) is 0 Å². The molecule has 0 fully saturated rings. The van der Waals surface area contributed by atoms with Crippen LogP contribution in [0.1, 0.15) is 84.5 Å². The molecule has 0 saturated carbocycles. The van der Waals surface area contributed by atoms with Crippen molar-refractivity contribution in [2.24, 2.45) is 0 Å². The van der Waals surface area contributed by atoms with E-state index in [4.69, 9.17) is 61.6 Å². The summed E-state index contributed by atoms with van der Waals surface area (Å²) in [5.74, 6) is -0.147. The van der Waals surface area contributed by atoms with Crippen molar-refractivity contribution in [1.29, 1.82) is 0 Å². The largest absolute Gasteiger partial charge is 0.463 e. The van der Waals surface area contributed by atoms with Crippen LogP contribution in [0.3, 0.4) is 0 Å². The lowest BCUT2D eigenvalue weighted by Gasteiger charge is -2.09. The third-order valence-corrected chi connectivity index (χ3v) is 7.46. The number of carbonyl (C=O) groups is 1. The first-order valence-electron chi connectivity index (χ1n) is 20.4. The normalized spacial score (nSPS) is 11.5. The molecule has 0 rings (SSSR count). The van der Waals surface area contributed by atoms with E-state index in [9.17, 15) is 4.79 Å². The van der Waals surface area contributed by atoms with Crippen LogP contribution in [0.5, 0.6) is 0 Å². The first-order valence-corrected chi connectivity index (χ1v) is 20.4. The highest BCUT2D eigenvalue weighted by atomic mass is 16.6. The molecule has 0 aliphatic carbocycles. The van der Waals surface area contributed by atoms with E-state index in [-0.39, 0.29) is 12.6 Å².